The van der Waals surface area contributed by atoms with E-state index < -0.39 is 11.9 Å². The molecule has 21 heavy (non-hydrogen) atoms. The van der Waals surface area contributed by atoms with Crippen LogP contribution < -0.4 is 5.32 Å². The van der Waals surface area contributed by atoms with Gasteiger partial charge in [-0.25, -0.2) is 4.79 Å². The van der Waals surface area contributed by atoms with Gasteiger partial charge in [-0.1, -0.05) is 0 Å². The number of hydrogen-bond donors (Lipinski definition) is 3. The number of aryl methyl sites for hydroxylation is 1. The number of aromatic hydroxyl groups is 1. The molecule has 1 heterocycles. The minimum absolute atomic E-state index is 0.0141. The number of hydrogen-bond acceptors (Lipinski definition) is 4. The van der Waals surface area contributed by atoms with E-state index in [2.05, 4.69) is 5.32 Å². The van der Waals surface area contributed by atoms with Crippen molar-refractivity contribution >= 4 is 50.8 Å². The topological polar surface area (TPSA) is 86.6 Å². The molecule has 0 spiro atoms. The van der Waals surface area contributed by atoms with E-state index >= 15 is 0 Å². The van der Waals surface area contributed by atoms with Gasteiger partial charge in [-0.05, 0) is 60.2 Å². The summed E-state index contributed by atoms with van der Waals surface area (Å²) in [6, 6.07) is 4.54. The van der Waals surface area contributed by atoms with E-state index in [1.54, 1.807) is 26.0 Å². The Kier molecular flexibility index (Phi) is 4.52. The number of rotatable bonds is 3. The van der Waals surface area contributed by atoms with Gasteiger partial charge in [0.15, 0.2) is 0 Å². The summed E-state index contributed by atoms with van der Waals surface area (Å²) in [6.07, 6.45) is 0. The van der Waals surface area contributed by atoms with E-state index in [0.29, 0.717) is 14.1 Å². The molecule has 0 fully saturated rings. The molecule has 1 aromatic heterocycles. The number of phenolic OH excluding ortho intramolecular Hbond substituents is 1. The summed E-state index contributed by atoms with van der Waals surface area (Å²) in [5, 5.41) is 21.8. The number of thiophene rings is 1. The Morgan fingerprint density at radius 3 is 2.52 bits per heavy atom. The average molecular weight is 417 g/mol. The molecule has 0 radical (unpaired) electrons. The van der Waals surface area contributed by atoms with Crippen LogP contribution in [0.2, 0.25) is 0 Å². The molecular weight excluding hydrogens is 405 g/mol. The molecule has 0 unspecified atom stereocenters. The fourth-order valence-electron chi connectivity index (χ4n) is 1.80. The molecule has 2 rings (SSSR count). The summed E-state index contributed by atoms with van der Waals surface area (Å²) in [5.74, 6) is -1.51. The second-order valence-electron chi connectivity index (χ2n) is 4.41. The number of carboxylic acids is 1. The van der Waals surface area contributed by atoms with Crippen LogP contribution in [0.25, 0.3) is 0 Å². The molecule has 1 amide bonds. The van der Waals surface area contributed by atoms with E-state index in [0.717, 1.165) is 4.88 Å². The zero-order chi connectivity index (χ0) is 15.7. The SMILES string of the molecule is Cc1sc(NC(=O)c2ccc(I)c(O)c2)c(C(=O)O)c1C. The van der Waals surface area contributed by atoms with Gasteiger partial charge in [0, 0.05) is 10.4 Å². The van der Waals surface area contributed by atoms with Crippen molar-refractivity contribution in [2.24, 2.45) is 0 Å². The van der Waals surface area contributed by atoms with Crippen molar-refractivity contribution in [1.29, 1.82) is 0 Å². The van der Waals surface area contributed by atoms with E-state index in [1.807, 2.05) is 22.6 Å². The number of carbonyl (C=O) groups excluding carboxylic acids is 1. The first kappa shape index (κ1) is 15.8. The third-order valence-electron chi connectivity index (χ3n) is 3.03. The zero-order valence-electron chi connectivity index (χ0n) is 11.2. The monoisotopic (exact) mass is 417 g/mol. The van der Waals surface area contributed by atoms with Crippen LogP contribution in [-0.2, 0) is 0 Å². The smallest absolute Gasteiger partial charge is 0.338 e. The molecular formula is C14H12INO4S. The van der Waals surface area contributed by atoms with Gasteiger partial charge in [-0.2, -0.15) is 0 Å². The second-order valence-corrected chi connectivity index (χ2v) is 6.80. The highest BCUT2D eigenvalue weighted by Gasteiger charge is 2.21. The van der Waals surface area contributed by atoms with Gasteiger partial charge in [0.1, 0.15) is 10.8 Å². The van der Waals surface area contributed by atoms with Gasteiger partial charge in [0.25, 0.3) is 5.91 Å². The van der Waals surface area contributed by atoms with Gasteiger partial charge >= 0.3 is 5.97 Å². The minimum Gasteiger partial charge on any atom is -0.507 e. The number of halogens is 1. The van der Waals surface area contributed by atoms with Crippen molar-refractivity contribution in [2.75, 3.05) is 5.32 Å². The van der Waals surface area contributed by atoms with Crippen LogP contribution in [0.3, 0.4) is 0 Å². The number of aromatic carboxylic acids is 1. The maximum absolute atomic E-state index is 12.2. The fourth-order valence-corrected chi connectivity index (χ4v) is 3.18. The number of anilines is 1. The third-order valence-corrected chi connectivity index (χ3v) is 5.07. The van der Waals surface area contributed by atoms with Crippen LogP contribution in [0.1, 0.15) is 31.2 Å². The number of carbonyl (C=O) groups is 2. The third kappa shape index (κ3) is 3.18. The lowest BCUT2D eigenvalue weighted by Gasteiger charge is -2.06. The Morgan fingerprint density at radius 2 is 1.95 bits per heavy atom. The first-order valence-electron chi connectivity index (χ1n) is 5.94. The first-order valence-corrected chi connectivity index (χ1v) is 7.84. The lowest BCUT2D eigenvalue weighted by Crippen LogP contribution is -2.13. The zero-order valence-corrected chi connectivity index (χ0v) is 14.2. The van der Waals surface area contributed by atoms with Gasteiger partial charge in [-0.3, -0.25) is 4.79 Å². The fraction of sp³-hybridized carbons (Fsp3) is 0.143. The summed E-state index contributed by atoms with van der Waals surface area (Å²) >= 11 is 3.18. The number of nitrogens with one attached hydrogen (secondary N) is 1. The largest absolute Gasteiger partial charge is 0.507 e. The molecule has 2 aromatic rings. The summed E-state index contributed by atoms with van der Waals surface area (Å²) in [6.45, 7) is 3.51. The van der Waals surface area contributed by atoms with Crippen LogP contribution in [0.15, 0.2) is 18.2 Å². The van der Waals surface area contributed by atoms with Gasteiger partial charge in [-0.15, -0.1) is 11.3 Å². The van der Waals surface area contributed by atoms with Crippen molar-refractivity contribution in [3.63, 3.8) is 0 Å². The number of benzene rings is 1. The highest BCUT2D eigenvalue weighted by Crippen LogP contribution is 2.33. The van der Waals surface area contributed by atoms with E-state index in [1.165, 1.54) is 17.4 Å². The van der Waals surface area contributed by atoms with Crippen molar-refractivity contribution in [3.8, 4) is 5.75 Å². The number of carboxylic acid groups (broad SMARTS) is 1. The number of amides is 1. The van der Waals surface area contributed by atoms with Crippen molar-refractivity contribution in [1.82, 2.24) is 0 Å². The van der Waals surface area contributed by atoms with Crippen LogP contribution in [0.5, 0.6) is 5.75 Å². The summed E-state index contributed by atoms with van der Waals surface area (Å²) in [5.41, 5.74) is 1.03. The molecule has 1 aromatic carbocycles. The Labute approximate surface area is 138 Å². The van der Waals surface area contributed by atoms with Crippen molar-refractivity contribution in [2.45, 2.75) is 13.8 Å². The molecule has 0 saturated heterocycles. The van der Waals surface area contributed by atoms with E-state index in [4.69, 9.17) is 0 Å². The molecule has 0 atom stereocenters. The summed E-state index contributed by atoms with van der Waals surface area (Å²) in [4.78, 5) is 24.3. The maximum atomic E-state index is 12.2. The van der Waals surface area contributed by atoms with Crippen LogP contribution in [0.4, 0.5) is 5.00 Å². The van der Waals surface area contributed by atoms with Crippen molar-refractivity contribution < 1.29 is 19.8 Å². The maximum Gasteiger partial charge on any atom is 0.338 e. The Balaban J connectivity index is 2.33. The molecule has 0 aliphatic heterocycles. The minimum atomic E-state index is -1.07. The molecule has 0 aliphatic carbocycles. The summed E-state index contributed by atoms with van der Waals surface area (Å²) in [7, 11) is 0. The molecule has 0 aliphatic rings. The average Bonchev–Trinajstić information content (AvgIpc) is 2.68. The standard InChI is InChI=1S/C14H12INO4S/c1-6-7(2)21-13(11(6)14(19)20)16-12(18)8-3-4-9(15)10(17)5-8/h3-5,17H,1-2H3,(H,16,18)(H,19,20). The van der Waals surface area contributed by atoms with Crippen LogP contribution in [-0.4, -0.2) is 22.1 Å². The van der Waals surface area contributed by atoms with Gasteiger partial charge in [0.2, 0.25) is 0 Å². The van der Waals surface area contributed by atoms with Crippen molar-refractivity contribution in [3.05, 3.63) is 43.3 Å². The molecule has 110 valence electrons. The molecule has 7 heteroatoms. The van der Waals surface area contributed by atoms with E-state index in [9.17, 15) is 19.8 Å². The molecule has 0 bridgehead atoms. The highest BCUT2D eigenvalue weighted by molar-refractivity contribution is 14.1. The number of phenols is 1. The quantitative estimate of drug-likeness (QED) is 0.666. The normalized spacial score (nSPS) is 10.4. The predicted molar refractivity (Wildman–Crippen MR) is 89.5 cm³/mol. The van der Waals surface area contributed by atoms with Crippen LogP contribution in [0, 0.1) is 17.4 Å². The van der Waals surface area contributed by atoms with Gasteiger partial charge < -0.3 is 15.5 Å². The Bertz CT molecular complexity index is 739. The molecule has 0 saturated carbocycles. The molecule has 5 nitrogen and oxygen atoms in total. The van der Waals surface area contributed by atoms with E-state index in [-0.39, 0.29) is 16.9 Å². The second kappa shape index (κ2) is 6.02. The Hall–Kier alpha value is -1.61. The molecule has 3 N–H and O–H groups in total. The van der Waals surface area contributed by atoms with Crippen LogP contribution >= 0.6 is 33.9 Å². The first-order chi connectivity index (χ1) is 9.81. The summed E-state index contributed by atoms with van der Waals surface area (Å²) < 4.78 is 0.637. The lowest BCUT2D eigenvalue weighted by molar-refractivity contribution is 0.0697. The highest BCUT2D eigenvalue weighted by atomic mass is 127. The Morgan fingerprint density at radius 1 is 1.29 bits per heavy atom. The predicted octanol–water partition coefficient (Wildman–Crippen LogP) is 3.63. The van der Waals surface area contributed by atoms with Gasteiger partial charge in [0.05, 0.1) is 9.13 Å². The lowest BCUT2D eigenvalue weighted by atomic mass is 10.1.